The fraction of sp³-hybridized carbons (Fsp3) is 1.00. The minimum atomic E-state index is -3.16. The van der Waals surface area contributed by atoms with Crippen LogP contribution >= 0.6 is 8.07 Å². The van der Waals surface area contributed by atoms with Gasteiger partial charge >= 0.3 is 0 Å². The van der Waals surface area contributed by atoms with Crippen LogP contribution in [0.5, 0.6) is 0 Å². The first-order chi connectivity index (χ1) is 5.24. The van der Waals surface area contributed by atoms with Gasteiger partial charge in [0.05, 0.1) is 10.0 Å². The van der Waals surface area contributed by atoms with Crippen LogP contribution in [0.4, 0.5) is 0 Å². The average molecular weight is 210 g/mol. The summed E-state index contributed by atoms with van der Waals surface area (Å²) in [6, 6.07) is 0. The van der Waals surface area contributed by atoms with Crippen LogP contribution in [0.25, 0.3) is 4.49 Å². The standard InChI is InChI=1S/C7H17NO2PS/c1-6(2)11(7(3)4)8-12(5,9)10/h6-7H,1-5H3/q-1. The van der Waals surface area contributed by atoms with E-state index in [4.69, 9.17) is 0 Å². The van der Waals surface area contributed by atoms with Crippen LogP contribution in [0.15, 0.2) is 0 Å². The van der Waals surface area contributed by atoms with Crippen molar-refractivity contribution in [3.63, 3.8) is 0 Å². The first-order valence-electron chi connectivity index (χ1n) is 3.95. The van der Waals surface area contributed by atoms with E-state index in [-0.39, 0.29) is 0 Å². The van der Waals surface area contributed by atoms with Crippen LogP contribution in [0.1, 0.15) is 27.7 Å². The van der Waals surface area contributed by atoms with Crippen molar-refractivity contribution >= 4 is 18.1 Å². The largest absolute Gasteiger partial charge is 0.523 e. The van der Waals surface area contributed by atoms with E-state index in [1.807, 2.05) is 27.7 Å². The summed E-state index contributed by atoms with van der Waals surface area (Å²) < 4.78 is 25.6. The SMILES string of the molecule is CC(C)P([N-]S(C)(=O)=O)C(C)C. The summed E-state index contributed by atoms with van der Waals surface area (Å²) in [4.78, 5) is 0. The van der Waals surface area contributed by atoms with E-state index < -0.39 is 18.1 Å². The Bertz CT molecular complexity index is 216. The molecule has 0 amide bonds. The van der Waals surface area contributed by atoms with Gasteiger partial charge in [0.15, 0.2) is 0 Å². The first-order valence-corrected chi connectivity index (χ1v) is 7.23. The van der Waals surface area contributed by atoms with Gasteiger partial charge in [0.2, 0.25) is 0 Å². The summed E-state index contributed by atoms with van der Waals surface area (Å²) in [5, 5.41) is 0. The smallest absolute Gasteiger partial charge is 0.0725 e. The van der Waals surface area contributed by atoms with E-state index in [9.17, 15) is 8.42 Å². The van der Waals surface area contributed by atoms with E-state index in [0.29, 0.717) is 11.3 Å². The minimum Gasteiger partial charge on any atom is -0.523 e. The lowest BCUT2D eigenvalue weighted by Crippen LogP contribution is -2.05. The summed E-state index contributed by atoms with van der Waals surface area (Å²) >= 11 is 0. The van der Waals surface area contributed by atoms with Gasteiger partial charge in [-0.2, -0.15) is 0 Å². The fourth-order valence-electron chi connectivity index (χ4n) is 0.956. The molecule has 0 radical (unpaired) electrons. The Labute approximate surface area is 76.8 Å². The molecule has 0 atom stereocenters. The summed E-state index contributed by atoms with van der Waals surface area (Å²) in [5.41, 5.74) is 0.685. The van der Waals surface area contributed by atoms with E-state index in [2.05, 4.69) is 4.49 Å². The van der Waals surface area contributed by atoms with Gasteiger partial charge in [0, 0.05) is 6.26 Å². The lowest BCUT2D eigenvalue weighted by atomic mass is 10.5. The summed E-state index contributed by atoms with van der Waals surface area (Å²) in [6.45, 7) is 8.06. The Morgan fingerprint density at radius 2 is 1.42 bits per heavy atom. The van der Waals surface area contributed by atoms with Gasteiger partial charge < -0.3 is 4.49 Å². The molecule has 0 N–H and O–H groups in total. The van der Waals surface area contributed by atoms with Crippen LogP contribution < -0.4 is 0 Å². The first kappa shape index (κ1) is 12.3. The number of rotatable bonds is 4. The third-order valence-electron chi connectivity index (χ3n) is 1.30. The molecule has 0 heterocycles. The number of hydrogen-bond acceptors (Lipinski definition) is 2. The van der Waals surface area contributed by atoms with Crippen molar-refractivity contribution in [2.24, 2.45) is 0 Å². The molecule has 0 rings (SSSR count). The molecule has 3 nitrogen and oxygen atoms in total. The monoisotopic (exact) mass is 210 g/mol. The van der Waals surface area contributed by atoms with Crippen LogP contribution in [0.3, 0.4) is 0 Å². The highest BCUT2D eigenvalue weighted by Gasteiger charge is 2.08. The van der Waals surface area contributed by atoms with Gasteiger partial charge in [-0.05, 0) is 11.3 Å². The van der Waals surface area contributed by atoms with Crippen molar-refractivity contribution in [2.75, 3.05) is 6.26 Å². The maximum atomic E-state index is 10.9. The summed E-state index contributed by atoms with van der Waals surface area (Å²) in [5.74, 6) is 0. The molecular weight excluding hydrogens is 193 g/mol. The Kier molecular flexibility index (Phi) is 4.67. The van der Waals surface area contributed by atoms with Crippen molar-refractivity contribution < 1.29 is 8.42 Å². The highest BCUT2D eigenvalue weighted by Crippen LogP contribution is 2.52. The Morgan fingerprint density at radius 1 is 1.08 bits per heavy atom. The highest BCUT2D eigenvalue weighted by atomic mass is 32.2. The molecule has 0 aromatic rings. The van der Waals surface area contributed by atoms with Gasteiger partial charge in [-0.3, -0.25) is 0 Å². The minimum absolute atomic E-state index is 0.342. The Morgan fingerprint density at radius 3 is 1.50 bits per heavy atom. The lowest BCUT2D eigenvalue weighted by molar-refractivity contribution is 0.609. The quantitative estimate of drug-likeness (QED) is 0.669. The molecule has 12 heavy (non-hydrogen) atoms. The van der Waals surface area contributed by atoms with Gasteiger partial charge in [-0.25, -0.2) is 16.5 Å². The van der Waals surface area contributed by atoms with Crippen molar-refractivity contribution in [1.82, 2.24) is 0 Å². The van der Waals surface area contributed by atoms with E-state index >= 15 is 0 Å². The number of sulfonamides is 1. The Hall–Kier alpha value is 0.340. The van der Waals surface area contributed by atoms with Crippen molar-refractivity contribution in [1.29, 1.82) is 0 Å². The van der Waals surface area contributed by atoms with Crippen molar-refractivity contribution in [2.45, 2.75) is 39.0 Å². The van der Waals surface area contributed by atoms with Gasteiger partial charge in [0.1, 0.15) is 0 Å². The Balaban J connectivity index is 4.35. The zero-order valence-corrected chi connectivity index (χ0v) is 9.98. The predicted molar refractivity (Wildman–Crippen MR) is 55.4 cm³/mol. The zero-order chi connectivity index (χ0) is 9.94. The molecule has 0 aromatic carbocycles. The molecular formula is C7H17NO2PS-. The molecule has 0 aliphatic rings. The van der Waals surface area contributed by atoms with Gasteiger partial charge in [-0.15, -0.1) is 0 Å². The molecule has 0 aromatic heterocycles. The van der Waals surface area contributed by atoms with Crippen molar-refractivity contribution in [3.05, 3.63) is 4.49 Å². The molecule has 74 valence electrons. The fourth-order valence-corrected chi connectivity index (χ4v) is 5.03. The molecule has 0 spiro atoms. The normalized spacial score (nSPS) is 13.3. The van der Waals surface area contributed by atoms with Crippen LogP contribution in [-0.4, -0.2) is 26.0 Å². The van der Waals surface area contributed by atoms with Crippen LogP contribution in [0.2, 0.25) is 0 Å². The van der Waals surface area contributed by atoms with Gasteiger partial charge in [-0.1, -0.05) is 27.7 Å². The number of hydrogen-bond donors (Lipinski definition) is 0. The molecule has 0 aliphatic heterocycles. The maximum absolute atomic E-state index is 10.9. The predicted octanol–water partition coefficient (Wildman–Crippen LogP) is 2.53. The second-order valence-corrected chi connectivity index (χ2v) is 8.33. The van der Waals surface area contributed by atoms with Crippen molar-refractivity contribution in [3.8, 4) is 0 Å². The molecule has 5 heteroatoms. The molecule has 0 unspecified atom stereocenters. The molecule has 0 saturated carbocycles. The second kappa shape index (κ2) is 4.54. The molecule has 0 bridgehead atoms. The zero-order valence-electron chi connectivity index (χ0n) is 8.27. The molecule has 0 aliphatic carbocycles. The average Bonchev–Trinajstić information content (AvgIpc) is 1.79. The van der Waals surface area contributed by atoms with Gasteiger partial charge in [0.25, 0.3) is 0 Å². The maximum Gasteiger partial charge on any atom is 0.0725 e. The third-order valence-corrected chi connectivity index (χ3v) is 5.36. The van der Waals surface area contributed by atoms with E-state index in [1.165, 1.54) is 0 Å². The number of nitrogens with zero attached hydrogens (tertiary/aromatic N) is 1. The topological polar surface area (TPSA) is 48.2 Å². The lowest BCUT2D eigenvalue weighted by Gasteiger charge is -2.38. The molecule has 0 fully saturated rings. The second-order valence-electron chi connectivity index (χ2n) is 3.38. The summed E-state index contributed by atoms with van der Waals surface area (Å²) in [7, 11) is -3.89. The van der Waals surface area contributed by atoms with Crippen LogP contribution in [0, 0.1) is 0 Å². The molecule has 0 saturated heterocycles. The van der Waals surface area contributed by atoms with E-state index in [0.717, 1.165) is 6.26 Å². The third kappa shape index (κ3) is 5.07. The van der Waals surface area contributed by atoms with E-state index in [1.54, 1.807) is 0 Å². The summed E-state index contributed by atoms with van der Waals surface area (Å²) in [6.07, 6.45) is 1.16. The highest BCUT2D eigenvalue weighted by molar-refractivity contribution is 8.01. The van der Waals surface area contributed by atoms with Crippen LogP contribution in [-0.2, 0) is 10.0 Å².